The van der Waals surface area contributed by atoms with Crippen LogP contribution < -0.4 is 4.74 Å². The smallest absolute Gasteiger partial charge is 0.264 e. The van der Waals surface area contributed by atoms with Crippen LogP contribution in [0.4, 0.5) is 0 Å². The molecule has 0 aromatic heterocycles. The zero-order valence-corrected chi connectivity index (χ0v) is 16.2. The van der Waals surface area contributed by atoms with Gasteiger partial charge < -0.3 is 4.74 Å². The van der Waals surface area contributed by atoms with E-state index in [4.69, 9.17) is 21.5 Å². The molecular weight excluding hydrogens is 382 g/mol. The number of hydrogen-bond acceptors (Lipinski definition) is 3. The van der Waals surface area contributed by atoms with Gasteiger partial charge in [-0.25, -0.2) is 0 Å². The first-order valence-electron chi connectivity index (χ1n) is 9.26. The molecule has 0 saturated heterocycles. The molecule has 29 heavy (non-hydrogen) atoms. The van der Waals surface area contributed by atoms with Crippen LogP contribution in [0.5, 0.6) is 11.5 Å². The molecule has 2 aliphatic heterocycles. The predicted molar refractivity (Wildman–Crippen MR) is 117 cm³/mol. The molecule has 1 unspecified atom stereocenters. The first kappa shape index (κ1) is 17.6. The maximum atomic E-state index is 7.03. The van der Waals surface area contributed by atoms with E-state index in [1.54, 1.807) is 12.4 Å². The van der Waals surface area contributed by atoms with Crippen molar-refractivity contribution in [2.24, 2.45) is 9.98 Å². The summed E-state index contributed by atoms with van der Waals surface area (Å²) in [5, 5.41) is 0. The van der Waals surface area contributed by atoms with Crippen LogP contribution in [0.25, 0.3) is 5.70 Å². The predicted octanol–water partition coefficient (Wildman–Crippen LogP) is 6.13. The fourth-order valence-corrected chi connectivity index (χ4v) is 3.71. The van der Waals surface area contributed by atoms with E-state index >= 15 is 0 Å². The van der Waals surface area contributed by atoms with Crippen molar-refractivity contribution in [2.45, 2.75) is 0 Å². The number of nitrogens with zero attached hydrogens (tertiary/aromatic N) is 3. The zero-order chi connectivity index (χ0) is 19.7. The third kappa shape index (κ3) is 3.18. The molecule has 5 heteroatoms. The SMILES string of the molecule is Cl[N+]12C=CN=CC1=C(c1ccccc1)N=C2c1ccc(Oc2ccccc2)cc1. The Morgan fingerprint density at radius 1 is 0.724 bits per heavy atom. The van der Waals surface area contributed by atoms with E-state index in [0.29, 0.717) is 0 Å². The molecule has 3 aromatic rings. The second-order valence-electron chi connectivity index (χ2n) is 6.69. The van der Waals surface area contributed by atoms with E-state index in [9.17, 15) is 0 Å². The highest BCUT2D eigenvalue weighted by atomic mass is 35.5. The van der Waals surface area contributed by atoms with Gasteiger partial charge in [0.05, 0.1) is 18.0 Å². The number of halogens is 1. The lowest BCUT2D eigenvalue weighted by molar-refractivity contribution is -0.599. The molecule has 5 rings (SSSR count). The molecule has 2 heterocycles. The van der Waals surface area contributed by atoms with Crippen molar-refractivity contribution < 1.29 is 8.74 Å². The lowest BCUT2D eigenvalue weighted by Gasteiger charge is -2.22. The average Bonchev–Trinajstić information content (AvgIpc) is 3.09. The number of rotatable bonds is 4. The summed E-state index contributed by atoms with van der Waals surface area (Å²) in [6, 6.07) is 27.5. The van der Waals surface area contributed by atoms with Crippen molar-refractivity contribution in [3.8, 4) is 11.5 Å². The fourth-order valence-electron chi connectivity index (χ4n) is 3.40. The van der Waals surface area contributed by atoms with Crippen LogP contribution in [0.2, 0.25) is 0 Å². The Morgan fingerprint density at radius 3 is 2.10 bits per heavy atom. The normalized spacial score (nSPS) is 19.8. The number of aliphatic imine (C=N–C) groups is 2. The Labute approximate surface area is 174 Å². The van der Waals surface area contributed by atoms with Gasteiger partial charge in [-0.3, -0.25) is 4.99 Å². The minimum Gasteiger partial charge on any atom is -0.457 e. The highest BCUT2D eigenvalue weighted by molar-refractivity contribution is 6.22. The minimum atomic E-state index is -0.0351. The molecular formula is C24H17ClN3O+. The molecule has 4 nitrogen and oxygen atoms in total. The summed E-state index contributed by atoms with van der Waals surface area (Å²) < 4.78 is 5.86. The van der Waals surface area contributed by atoms with Gasteiger partial charge in [0.2, 0.25) is 5.70 Å². The molecule has 2 aliphatic rings. The Bertz CT molecular complexity index is 1170. The monoisotopic (exact) mass is 398 g/mol. The number of ether oxygens (including phenoxy) is 1. The highest BCUT2D eigenvalue weighted by Crippen LogP contribution is 2.41. The number of amidine groups is 1. The quantitative estimate of drug-likeness (QED) is 0.486. The Hall–Kier alpha value is -3.47. The van der Waals surface area contributed by atoms with E-state index in [1.165, 1.54) is 0 Å². The Kier molecular flexibility index (Phi) is 4.35. The van der Waals surface area contributed by atoms with Crippen molar-refractivity contribution in [3.63, 3.8) is 0 Å². The molecule has 0 radical (unpaired) electrons. The van der Waals surface area contributed by atoms with E-state index in [2.05, 4.69) is 4.99 Å². The summed E-state index contributed by atoms with van der Waals surface area (Å²) in [7, 11) is 0. The third-order valence-corrected chi connectivity index (χ3v) is 5.27. The molecule has 0 spiro atoms. The second kappa shape index (κ2) is 7.17. The Morgan fingerprint density at radius 2 is 1.38 bits per heavy atom. The molecule has 0 N–H and O–H groups in total. The first-order valence-corrected chi connectivity index (χ1v) is 9.60. The van der Waals surface area contributed by atoms with Crippen LogP contribution in [0, 0.1) is 0 Å². The minimum absolute atomic E-state index is 0.0351. The topological polar surface area (TPSA) is 34.0 Å². The number of fused-ring (bicyclic) bond motifs is 1. The number of allylic oxidation sites excluding steroid dienone is 1. The van der Waals surface area contributed by atoms with Crippen molar-refractivity contribution in [2.75, 3.05) is 0 Å². The van der Waals surface area contributed by atoms with Crippen molar-refractivity contribution in [3.05, 3.63) is 114 Å². The maximum Gasteiger partial charge on any atom is 0.264 e. The molecule has 0 amide bonds. The summed E-state index contributed by atoms with van der Waals surface area (Å²) in [6.07, 6.45) is 5.31. The van der Waals surface area contributed by atoms with Gasteiger partial charge >= 0.3 is 0 Å². The largest absolute Gasteiger partial charge is 0.457 e. The van der Waals surface area contributed by atoms with Crippen LogP contribution in [-0.4, -0.2) is 16.1 Å². The summed E-state index contributed by atoms with van der Waals surface area (Å²) in [5.74, 6) is 2.28. The molecule has 0 fully saturated rings. The summed E-state index contributed by atoms with van der Waals surface area (Å²) in [5.41, 5.74) is 3.59. The van der Waals surface area contributed by atoms with Crippen LogP contribution in [-0.2, 0) is 0 Å². The number of benzene rings is 3. The van der Waals surface area contributed by atoms with E-state index in [1.807, 2.05) is 91.1 Å². The average molecular weight is 399 g/mol. The fraction of sp³-hybridized carbons (Fsp3) is 0. The van der Waals surface area contributed by atoms with Crippen LogP contribution in [0.1, 0.15) is 11.1 Å². The van der Waals surface area contributed by atoms with Crippen molar-refractivity contribution >= 4 is 29.5 Å². The molecule has 0 aliphatic carbocycles. The molecule has 3 aromatic carbocycles. The van der Waals surface area contributed by atoms with Gasteiger partial charge in [-0.15, -0.1) is 4.00 Å². The summed E-state index contributed by atoms with van der Waals surface area (Å²) in [4.78, 5) is 9.18. The van der Waals surface area contributed by atoms with Gasteiger partial charge in [-0.2, -0.15) is 4.99 Å². The van der Waals surface area contributed by atoms with Crippen LogP contribution >= 0.6 is 11.8 Å². The van der Waals surface area contributed by atoms with E-state index in [-0.39, 0.29) is 4.00 Å². The van der Waals surface area contributed by atoms with Gasteiger partial charge in [-0.05, 0) is 36.4 Å². The number of hydrogen-bond donors (Lipinski definition) is 0. The number of para-hydroxylation sites is 1. The summed E-state index contributed by atoms with van der Waals surface area (Å²) in [6.45, 7) is 0. The van der Waals surface area contributed by atoms with E-state index in [0.717, 1.165) is 39.9 Å². The van der Waals surface area contributed by atoms with E-state index < -0.39 is 0 Å². The standard InChI is InChI=1S/C24H17ClN3O/c25-28-16-15-26-17-22(28)23(18-7-3-1-4-8-18)27-24(28)19-11-13-21(14-12-19)29-20-9-5-2-6-10-20/h1-17H/q+1. The number of quaternary nitrogens is 1. The van der Waals surface area contributed by atoms with Crippen molar-refractivity contribution in [1.82, 2.24) is 0 Å². The van der Waals surface area contributed by atoms with Gasteiger partial charge in [-0.1, -0.05) is 48.5 Å². The Balaban J connectivity index is 1.51. The van der Waals surface area contributed by atoms with Crippen molar-refractivity contribution in [1.29, 1.82) is 0 Å². The molecule has 0 bridgehead atoms. The highest BCUT2D eigenvalue weighted by Gasteiger charge is 2.46. The summed E-state index contributed by atoms with van der Waals surface area (Å²) >= 11 is 7.03. The maximum absolute atomic E-state index is 7.03. The zero-order valence-electron chi connectivity index (χ0n) is 15.4. The molecule has 0 saturated carbocycles. The van der Waals surface area contributed by atoms with Gasteiger partial charge in [0, 0.05) is 5.56 Å². The van der Waals surface area contributed by atoms with Gasteiger partial charge in [0.25, 0.3) is 5.84 Å². The molecule has 140 valence electrons. The van der Waals surface area contributed by atoms with Crippen LogP contribution in [0.3, 0.4) is 0 Å². The first-order chi connectivity index (χ1) is 14.2. The van der Waals surface area contributed by atoms with Crippen LogP contribution in [0.15, 0.2) is 113 Å². The lowest BCUT2D eigenvalue weighted by atomic mass is 10.1. The van der Waals surface area contributed by atoms with Gasteiger partial charge in [0.15, 0.2) is 11.8 Å². The van der Waals surface area contributed by atoms with Gasteiger partial charge in [0.1, 0.15) is 23.4 Å². The molecule has 1 atom stereocenters. The second-order valence-corrected chi connectivity index (χ2v) is 7.22. The lowest BCUT2D eigenvalue weighted by Crippen LogP contribution is -2.37. The third-order valence-electron chi connectivity index (χ3n) is 4.81.